The van der Waals surface area contributed by atoms with Gasteiger partial charge < -0.3 is 39.9 Å². The second-order valence-corrected chi connectivity index (χ2v) is 13.6. The fourth-order valence-electron chi connectivity index (χ4n) is 6.17. The molecule has 260 valence electrons. The van der Waals surface area contributed by atoms with Crippen LogP contribution in [0.3, 0.4) is 0 Å². The van der Waals surface area contributed by atoms with E-state index < -0.39 is 6.04 Å². The number of hydrogen-bond acceptors (Lipinski definition) is 7. The van der Waals surface area contributed by atoms with Gasteiger partial charge in [0.25, 0.3) is 5.91 Å². The Bertz CT molecular complexity index is 1110. The van der Waals surface area contributed by atoms with Gasteiger partial charge >= 0.3 is 6.03 Å². The van der Waals surface area contributed by atoms with Crippen LogP contribution in [0, 0.1) is 5.92 Å². The third-order valence-corrected chi connectivity index (χ3v) is 9.13. The molecule has 2 aliphatic rings. The van der Waals surface area contributed by atoms with E-state index in [2.05, 4.69) is 15.5 Å². The summed E-state index contributed by atoms with van der Waals surface area (Å²) in [5.41, 5.74) is 0.829. The lowest BCUT2D eigenvalue weighted by molar-refractivity contribution is -0.132. The van der Waals surface area contributed by atoms with Crippen LogP contribution >= 0.6 is 0 Å². The molecule has 3 rings (SSSR count). The standard InChI is InChI=1S/C35H59N5O6/c1-25-22-40(26(2)24-41)34(43)30-21-29(37-35(44)36-28-14-8-7-9-15-28)17-18-31(30)46-27(3)13-10-11-20-45-32(25)23-39(6)33(42)16-12-19-38(4)5/h17-18,21,25-28,32,41H,7-16,19-20,22-24H2,1-6H3,(H2,36,37,44)/t25-,26+,27-,32+/m0/s1. The second kappa shape index (κ2) is 19.1. The highest BCUT2D eigenvalue weighted by Gasteiger charge is 2.31. The lowest BCUT2D eigenvalue weighted by Gasteiger charge is -2.36. The number of aliphatic hydroxyl groups excluding tert-OH is 1. The zero-order chi connectivity index (χ0) is 33.6. The monoisotopic (exact) mass is 645 g/mol. The molecule has 1 aliphatic heterocycles. The lowest BCUT2D eigenvalue weighted by atomic mass is 9.96. The number of urea groups is 1. The number of hydrogen-bond donors (Lipinski definition) is 3. The molecule has 1 aromatic rings. The molecule has 11 nitrogen and oxygen atoms in total. The number of anilines is 1. The maximum absolute atomic E-state index is 14.3. The van der Waals surface area contributed by atoms with Gasteiger partial charge in [0.2, 0.25) is 5.91 Å². The molecule has 46 heavy (non-hydrogen) atoms. The van der Waals surface area contributed by atoms with Crippen molar-refractivity contribution in [2.24, 2.45) is 5.92 Å². The van der Waals surface area contributed by atoms with E-state index in [0.29, 0.717) is 43.1 Å². The Morgan fingerprint density at radius 1 is 1.07 bits per heavy atom. The normalized spacial score (nSPS) is 22.7. The zero-order valence-corrected chi connectivity index (χ0v) is 29.1. The highest BCUT2D eigenvalue weighted by atomic mass is 16.5. The third-order valence-electron chi connectivity index (χ3n) is 9.13. The van der Waals surface area contributed by atoms with Crippen LogP contribution < -0.4 is 15.4 Å². The van der Waals surface area contributed by atoms with Gasteiger partial charge in [-0.25, -0.2) is 4.79 Å². The van der Waals surface area contributed by atoms with Gasteiger partial charge in [-0.3, -0.25) is 9.59 Å². The molecule has 0 saturated heterocycles. The Labute approximate surface area is 276 Å². The molecule has 11 heteroatoms. The molecule has 0 radical (unpaired) electrons. The predicted octanol–water partition coefficient (Wildman–Crippen LogP) is 4.74. The SMILES string of the molecule is C[C@H](CO)N1C[C@H](C)[C@@H](CN(C)C(=O)CCCN(C)C)OCCCC[C@H](C)Oc2ccc(NC(=O)NC3CCCCC3)cc2C1=O. The van der Waals surface area contributed by atoms with E-state index in [9.17, 15) is 19.5 Å². The Hall–Kier alpha value is -2.89. The summed E-state index contributed by atoms with van der Waals surface area (Å²) in [6.07, 6.45) is 8.69. The van der Waals surface area contributed by atoms with Crippen LogP contribution in [0.4, 0.5) is 10.5 Å². The molecule has 4 atom stereocenters. The van der Waals surface area contributed by atoms with Crippen molar-refractivity contribution in [2.45, 2.75) is 109 Å². The maximum atomic E-state index is 14.3. The van der Waals surface area contributed by atoms with Crippen LogP contribution in [0.5, 0.6) is 5.75 Å². The average molecular weight is 646 g/mol. The summed E-state index contributed by atoms with van der Waals surface area (Å²) in [6, 6.07) is 4.57. The molecule has 1 saturated carbocycles. The van der Waals surface area contributed by atoms with Crippen molar-refractivity contribution in [1.29, 1.82) is 0 Å². The van der Waals surface area contributed by atoms with Crippen molar-refractivity contribution in [1.82, 2.24) is 20.0 Å². The van der Waals surface area contributed by atoms with Crippen LogP contribution in [0.2, 0.25) is 0 Å². The van der Waals surface area contributed by atoms with Crippen molar-refractivity contribution >= 4 is 23.5 Å². The molecule has 1 heterocycles. The maximum Gasteiger partial charge on any atom is 0.319 e. The smallest absolute Gasteiger partial charge is 0.319 e. The Morgan fingerprint density at radius 3 is 2.48 bits per heavy atom. The number of fused-ring (bicyclic) bond motifs is 1. The average Bonchev–Trinajstić information content (AvgIpc) is 3.02. The summed E-state index contributed by atoms with van der Waals surface area (Å²) in [6.45, 7) is 7.72. The number of amides is 4. The highest BCUT2D eigenvalue weighted by Crippen LogP contribution is 2.29. The Kier molecular flexibility index (Phi) is 15.6. The first-order valence-corrected chi connectivity index (χ1v) is 17.3. The number of ether oxygens (including phenoxy) is 2. The zero-order valence-electron chi connectivity index (χ0n) is 29.1. The van der Waals surface area contributed by atoms with Gasteiger partial charge in [-0.1, -0.05) is 26.2 Å². The van der Waals surface area contributed by atoms with Crippen molar-refractivity contribution < 1.29 is 29.0 Å². The minimum atomic E-state index is -0.481. The van der Waals surface area contributed by atoms with Gasteiger partial charge in [0.15, 0.2) is 0 Å². The number of carbonyl (C=O) groups is 3. The first kappa shape index (κ1) is 37.6. The van der Waals surface area contributed by atoms with Crippen molar-refractivity contribution in [2.75, 3.05) is 59.3 Å². The topological polar surface area (TPSA) is 124 Å². The number of carbonyl (C=O) groups excluding carboxylic acids is 3. The lowest BCUT2D eigenvalue weighted by Crippen LogP contribution is -2.48. The number of rotatable bonds is 10. The van der Waals surface area contributed by atoms with Crippen LogP contribution in [-0.2, 0) is 9.53 Å². The fraction of sp³-hybridized carbons (Fsp3) is 0.743. The summed E-state index contributed by atoms with van der Waals surface area (Å²) in [5.74, 6) is 0.0901. The Morgan fingerprint density at radius 2 is 1.78 bits per heavy atom. The molecule has 4 amide bonds. The van der Waals surface area contributed by atoms with E-state index in [1.54, 1.807) is 28.0 Å². The van der Waals surface area contributed by atoms with Crippen molar-refractivity contribution in [3.63, 3.8) is 0 Å². The molecular formula is C35H59N5O6. The first-order chi connectivity index (χ1) is 22.0. The fourth-order valence-corrected chi connectivity index (χ4v) is 6.17. The first-order valence-electron chi connectivity index (χ1n) is 17.3. The number of benzene rings is 1. The molecule has 0 aromatic heterocycles. The minimum absolute atomic E-state index is 0.0705. The molecule has 3 N–H and O–H groups in total. The molecule has 1 aliphatic carbocycles. The van der Waals surface area contributed by atoms with Gasteiger partial charge in [-0.15, -0.1) is 0 Å². The summed E-state index contributed by atoms with van der Waals surface area (Å²) in [7, 11) is 5.81. The number of nitrogens with one attached hydrogen (secondary N) is 2. The minimum Gasteiger partial charge on any atom is -0.490 e. The van der Waals surface area contributed by atoms with Gasteiger partial charge in [0.05, 0.1) is 30.4 Å². The van der Waals surface area contributed by atoms with Crippen molar-refractivity contribution in [3.05, 3.63) is 23.8 Å². The van der Waals surface area contributed by atoms with E-state index in [1.165, 1.54) is 6.42 Å². The molecular weight excluding hydrogens is 586 g/mol. The van der Waals surface area contributed by atoms with E-state index in [0.717, 1.165) is 57.9 Å². The molecule has 0 bridgehead atoms. The summed E-state index contributed by atoms with van der Waals surface area (Å²) >= 11 is 0. The second-order valence-electron chi connectivity index (χ2n) is 13.6. The van der Waals surface area contributed by atoms with Crippen LogP contribution in [0.1, 0.15) is 95.3 Å². The van der Waals surface area contributed by atoms with Gasteiger partial charge in [0.1, 0.15) is 5.75 Å². The molecule has 0 spiro atoms. The van der Waals surface area contributed by atoms with E-state index in [1.807, 2.05) is 41.9 Å². The molecule has 0 unspecified atom stereocenters. The summed E-state index contributed by atoms with van der Waals surface area (Å²) in [5, 5.41) is 16.2. The number of nitrogens with zero attached hydrogens (tertiary/aromatic N) is 3. The van der Waals surface area contributed by atoms with Crippen LogP contribution in [0.15, 0.2) is 18.2 Å². The van der Waals surface area contributed by atoms with Crippen LogP contribution in [0.25, 0.3) is 0 Å². The van der Waals surface area contributed by atoms with Crippen LogP contribution in [-0.4, -0.2) is 116 Å². The van der Waals surface area contributed by atoms with E-state index in [-0.39, 0.29) is 48.6 Å². The summed E-state index contributed by atoms with van der Waals surface area (Å²) in [4.78, 5) is 45.6. The predicted molar refractivity (Wildman–Crippen MR) is 181 cm³/mol. The van der Waals surface area contributed by atoms with Gasteiger partial charge in [-0.05, 0) is 91.2 Å². The third kappa shape index (κ3) is 12.0. The van der Waals surface area contributed by atoms with E-state index >= 15 is 0 Å². The quantitative estimate of drug-likeness (QED) is 0.336. The Balaban J connectivity index is 1.84. The van der Waals surface area contributed by atoms with E-state index in [4.69, 9.17) is 9.47 Å². The largest absolute Gasteiger partial charge is 0.490 e. The number of likely N-dealkylation sites (N-methyl/N-ethyl adjacent to an activating group) is 1. The van der Waals surface area contributed by atoms with Gasteiger partial charge in [-0.2, -0.15) is 0 Å². The molecule has 1 aromatic carbocycles. The molecule has 1 fully saturated rings. The van der Waals surface area contributed by atoms with Gasteiger partial charge in [0, 0.05) is 50.8 Å². The highest BCUT2D eigenvalue weighted by molar-refractivity contribution is 5.99. The number of aliphatic hydroxyl groups is 1. The van der Waals surface area contributed by atoms with Crippen molar-refractivity contribution in [3.8, 4) is 5.75 Å². The summed E-state index contributed by atoms with van der Waals surface area (Å²) < 4.78 is 12.7.